The molecule has 0 aliphatic heterocycles. The van der Waals surface area contributed by atoms with Crippen molar-refractivity contribution in [3.8, 4) is 5.88 Å². The molecule has 0 saturated carbocycles. The van der Waals surface area contributed by atoms with Gasteiger partial charge in [-0.3, -0.25) is 5.43 Å². The van der Waals surface area contributed by atoms with Gasteiger partial charge in [-0.05, 0) is 38.8 Å². The van der Waals surface area contributed by atoms with Crippen molar-refractivity contribution < 1.29 is 9.84 Å². The Balaban J connectivity index is 1.68. The third-order valence-corrected chi connectivity index (χ3v) is 3.54. The summed E-state index contributed by atoms with van der Waals surface area (Å²) in [5.41, 5.74) is 4.95. The molecule has 140 valence electrons. The molecule has 1 aromatic carbocycles. The zero-order valence-corrected chi connectivity index (χ0v) is 15.5. The molecule has 26 heavy (non-hydrogen) atoms. The summed E-state index contributed by atoms with van der Waals surface area (Å²) in [5.74, 6) is 0.902. The minimum absolute atomic E-state index is 0.152. The van der Waals surface area contributed by atoms with Gasteiger partial charge in [-0.15, -0.1) is 10.2 Å². The number of hydrazone groups is 1. The smallest absolute Gasteiger partial charge is 0.233 e. The molecule has 7 heteroatoms. The second-order valence-corrected chi connectivity index (χ2v) is 6.39. The molecule has 1 heterocycles. The van der Waals surface area contributed by atoms with Crippen LogP contribution in [0.1, 0.15) is 26.3 Å². The topological polar surface area (TPSA) is 91.7 Å². The lowest BCUT2D eigenvalue weighted by atomic mass is 10.1. The molecular weight excluding hydrogens is 330 g/mol. The molecule has 0 amide bonds. The summed E-state index contributed by atoms with van der Waals surface area (Å²) < 4.78 is 5.47. The van der Waals surface area contributed by atoms with E-state index in [9.17, 15) is 5.11 Å². The summed E-state index contributed by atoms with van der Waals surface area (Å²) >= 11 is 0. The number of aliphatic hydroxyl groups excluding tert-OH is 1. The molecule has 0 spiro atoms. The van der Waals surface area contributed by atoms with Crippen molar-refractivity contribution in [2.24, 2.45) is 5.10 Å². The van der Waals surface area contributed by atoms with Crippen LogP contribution in [0.4, 0.5) is 5.82 Å². The molecule has 2 aromatic rings. The standard InChI is InChI=1S/C19H27N5O2/c1-14(2)21-22-18-9-10-19(24-23-18)26-13-17(25)12-20-15(3)11-16-7-5-4-6-8-16/h4-10,15,17,20,25H,11-13H2,1-3H3,(H,22,23). The number of nitrogens with zero attached hydrogens (tertiary/aromatic N) is 3. The Hall–Kier alpha value is -2.51. The van der Waals surface area contributed by atoms with Gasteiger partial charge in [0.1, 0.15) is 12.7 Å². The number of aliphatic hydroxyl groups is 1. The summed E-state index contributed by atoms with van der Waals surface area (Å²) in [6, 6.07) is 13.9. The van der Waals surface area contributed by atoms with Crippen molar-refractivity contribution in [1.29, 1.82) is 0 Å². The Morgan fingerprint density at radius 3 is 2.58 bits per heavy atom. The zero-order chi connectivity index (χ0) is 18.8. The first-order valence-electron chi connectivity index (χ1n) is 8.71. The molecule has 0 saturated heterocycles. The summed E-state index contributed by atoms with van der Waals surface area (Å²) in [4.78, 5) is 0. The van der Waals surface area contributed by atoms with E-state index in [1.54, 1.807) is 12.1 Å². The normalized spacial score (nSPS) is 12.9. The Morgan fingerprint density at radius 2 is 1.92 bits per heavy atom. The van der Waals surface area contributed by atoms with E-state index < -0.39 is 6.10 Å². The number of anilines is 1. The third-order valence-electron chi connectivity index (χ3n) is 3.54. The average Bonchev–Trinajstić information content (AvgIpc) is 2.64. The molecule has 0 bridgehead atoms. The number of ether oxygens (including phenoxy) is 1. The molecule has 3 N–H and O–H groups in total. The fourth-order valence-electron chi connectivity index (χ4n) is 2.24. The largest absolute Gasteiger partial charge is 0.474 e. The molecule has 2 rings (SSSR count). The quantitative estimate of drug-likeness (QED) is 0.446. The van der Waals surface area contributed by atoms with Crippen LogP contribution in [0.2, 0.25) is 0 Å². The van der Waals surface area contributed by atoms with Gasteiger partial charge in [0.05, 0.1) is 0 Å². The van der Waals surface area contributed by atoms with Gasteiger partial charge in [-0.1, -0.05) is 30.3 Å². The van der Waals surface area contributed by atoms with Crippen molar-refractivity contribution in [3.05, 3.63) is 48.0 Å². The predicted molar refractivity (Wildman–Crippen MR) is 104 cm³/mol. The Morgan fingerprint density at radius 1 is 1.15 bits per heavy atom. The highest BCUT2D eigenvalue weighted by molar-refractivity contribution is 5.79. The Bertz CT molecular complexity index is 672. The number of nitrogens with one attached hydrogen (secondary N) is 2. The van der Waals surface area contributed by atoms with Crippen molar-refractivity contribution in [2.75, 3.05) is 18.6 Å². The van der Waals surface area contributed by atoms with E-state index >= 15 is 0 Å². The van der Waals surface area contributed by atoms with E-state index in [-0.39, 0.29) is 12.6 Å². The summed E-state index contributed by atoms with van der Waals surface area (Å²) in [6.45, 7) is 6.46. The molecule has 2 unspecified atom stereocenters. The number of benzene rings is 1. The fourth-order valence-corrected chi connectivity index (χ4v) is 2.24. The molecule has 1 aromatic heterocycles. The van der Waals surface area contributed by atoms with Crippen LogP contribution in [0.5, 0.6) is 5.88 Å². The van der Waals surface area contributed by atoms with Crippen LogP contribution >= 0.6 is 0 Å². The lowest BCUT2D eigenvalue weighted by Gasteiger charge is -2.17. The minimum Gasteiger partial charge on any atom is -0.474 e. The van der Waals surface area contributed by atoms with Gasteiger partial charge < -0.3 is 15.2 Å². The van der Waals surface area contributed by atoms with E-state index in [0.717, 1.165) is 12.1 Å². The molecule has 0 fully saturated rings. The average molecular weight is 357 g/mol. The van der Waals surface area contributed by atoms with Gasteiger partial charge in [0.2, 0.25) is 5.88 Å². The van der Waals surface area contributed by atoms with E-state index in [0.29, 0.717) is 18.2 Å². The molecule has 0 aliphatic rings. The molecule has 7 nitrogen and oxygen atoms in total. The van der Waals surface area contributed by atoms with Gasteiger partial charge in [-0.25, -0.2) is 0 Å². The summed E-state index contributed by atoms with van der Waals surface area (Å²) in [5, 5.41) is 25.3. The van der Waals surface area contributed by atoms with E-state index in [4.69, 9.17) is 4.74 Å². The van der Waals surface area contributed by atoms with E-state index in [2.05, 4.69) is 45.1 Å². The molecular formula is C19H27N5O2. The predicted octanol–water partition coefficient (Wildman–Crippen LogP) is 2.24. The number of hydrogen-bond donors (Lipinski definition) is 3. The van der Waals surface area contributed by atoms with Crippen molar-refractivity contribution in [2.45, 2.75) is 39.3 Å². The zero-order valence-electron chi connectivity index (χ0n) is 15.5. The lowest BCUT2D eigenvalue weighted by Crippen LogP contribution is -2.37. The van der Waals surface area contributed by atoms with Gasteiger partial charge in [-0.2, -0.15) is 5.10 Å². The van der Waals surface area contributed by atoms with Crippen LogP contribution in [0.15, 0.2) is 47.6 Å². The Labute approximate surface area is 154 Å². The first kappa shape index (κ1) is 19.8. The SMILES string of the molecule is CC(C)=NNc1ccc(OCC(O)CNC(C)Cc2ccccc2)nn1. The molecule has 0 aliphatic carbocycles. The minimum atomic E-state index is -0.625. The van der Waals surface area contributed by atoms with Crippen LogP contribution < -0.4 is 15.5 Å². The summed E-state index contributed by atoms with van der Waals surface area (Å²) in [6.07, 6.45) is 0.286. The third kappa shape index (κ3) is 7.58. The first-order valence-corrected chi connectivity index (χ1v) is 8.71. The highest BCUT2D eigenvalue weighted by Gasteiger charge is 2.09. The van der Waals surface area contributed by atoms with Gasteiger partial charge in [0.25, 0.3) is 0 Å². The highest BCUT2D eigenvalue weighted by atomic mass is 16.5. The van der Waals surface area contributed by atoms with E-state index in [1.165, 1.54) is 5.56 Å². The van der Waals surface area contributed by atoms with E-state index in [1.807, 2.05) is 32.0 Å². The summed E-state index contributed by atoms with van der Waals surface area (Å²) in [7, 11) is 0. The fraction of sp³-hybridized carbons (Fsp3) is 0.421. The number of hydrogen-bond acceptors (Lipinski definition) is 7. The maximum atomic E-state index is 10.1. The maximum Gasteiger partial charge on any atom is 0.233 e. The van der Waals surface area contributed by atoms with Gasteiger partial charge >= 0.3 is 0 Å². The van der Waals surface area contributed by atoms with Crippen LogP contribution in [0, 0.1) is 0 Å². The monoisotopic (exact) mass is 357 g/mol. The first-order chi connectivity index (χ1) is 12.5. The highest BCUT2D eigenvalue weighted by Crippen LogP contribution is 2.09. The maximum absolute atomic E-state index is 10.1. The van der Waals surface area contributed by atoms with Crippen LogP contribution in [-0.2, 0) is 6.42 Å². The van der Waals surface area contributed by atoms with Crippen molar-refractivity contribution >= 4 is 11.5 Å². The second kappa shape index (κ2) is 10.5. The molecule has 2 atom stereocenters. The second-order valence-electron chi connectivity index (χ2n) is 6.39. The lowest BCUT2D eigenvalue weighted by molar-refractivity contribution is 0.101. The van der Waals surface area contributed by atoms with Crippen molar-refractivity contribution in [3.63, 3.8) is 0 Å². The van der Waals surface area contributed by atoms with Crippen LogP contribution in [0.3, 0.4) is 0 Å². The van der Waals surface area contributed by atoms with Crippen LogP contribution in [-0.4, -0.2) is 46.3 Å². The van der Waals surface area contributed by atoms with Crippen molar-refractivity contribution in [1.82, 2.24) is 15.5 Å². The number of aromatic nitrogens is 2. The molecule has 0 radical (unpaired) electrons. The van der Waals surface area contributed by atoms with Crippen LogP contribution in [0.25, 0.3) is 0 Å². The van der Waals surface area contributed by atoms with Gasteiger partial charge in [0, 0.05) is 24.4 Å². The number of rotatable bonds is 10. The van der Waals surface area contributed by atoms with Gasteiger partial charge in [0.15, 0.2) is 5.82 Å². The Kier molecular flexibility index (Phi) is 7.98.